The molecule has 3 saturated carbocycles. The second-order valence-corrected chi connectivity index (χ2v) is 6.35. The van der Waals surface area contributed by atoms with Crippen LogP contribution in [-0.4, -0.2) is 24.5 Å². The predicted octanol–water partition coefficient (Wildman–Crippen LogP) is 1.65. The maximum atomic E-state index is 6.49. The molecule has 0 aromatic carbocycles. The largest absolute Gasteiger partial charge is 0.347 e. The standard InChI is InChI=1S/C13H21NO2/c1-7-15-10-5-13(6-11(10)16-7)9-3-2-8(4-9)12(13)14/h7-12H,2-6,14H2,1H3/t7-,8?,9-,10+,11?,12+,13+/m0/s1. The fourth-order valence-corrected chi connectivity index (χ4v) is 5.10. The maximum Gasteiger partial charge on any atom is 0.155 e. The lowest BCUT2D eigenvalue weighted by atomic mass is 9.68. The normalized spacial score (nSPS) is 63.4. The maximum absolute atomic E-state index is 6.49. The average Bonchev–Trinajstić information content (AvgIpc) is 2.89. The lowest BCUT2D eigenvalue weighted by Gasteiger charge is -2.39. The summed E-state index contributed by atoms with van der Waals surface area (Å²) < 4.78 is 11.7. The summed E-state index contributed by atoms with van der Waals surface area (Å²) in [5.74, 6) is 1.65. The minimum atomic E-state index is 0.00200. The highest BCUT2D eigenvalue weighted by atomic mass is 16.7. The first kappa shape index (κ1) is 9.86. The molecule has 2 bridgehead atoms. The van der Waals surface area contributed by atoms with Gasteiger partial charge in [0.25, 0.3) is 0 Å². The third kappa shape index (κ3) is 1.05. The van der Waals surface area contributed by atoms with Crippen LogP contribution in [0.15, 0.2) is 0 Å². The number of nitrogens with two attached hydrogens (primary N) is 1. The molecule has 1 aliphatic heterocycles. The number of hydrogen-bond donors (Lipinski definition) is 1. The quantitative estimate of drug-likeness (QED) is 0.679. The molecule has 0 radical (unpaired) electrons. The molecule has 2 unspecified atom stereocenters. The molecular formula is C13H21NO2. The summed E-state index contributed by atoms with van der Waals surface area (Å²) in [6.07, 6.45) is 7.11. The van der Waals surface area contributed by atoms with Gasteiger partial charge >= 0.3 is 0 Å². The van der Waals surface area contributed by atoms with Crippen molar-refractivity contribution in [1.29, 1.82) is 0 Å². The zero-order valence-electron chi connectivity index (χ0n) is 9.89. The molecule has 3 heteroatoms. The molecule has 16 heavy (non-hydrogen) atoms. The Morgan fingerprint density at radius 2 is 1.81 bits per heavy atom. The third-order valence-electron chi connectivity index (χ3n) is 5.77. The highest BCUT2D eigenvalue weighted by Gasteiger charge is 2.63. The molecule has 3 nitrogen and oxygen atoms in total. The van der Waals surface area contributed by atoms with Crippen molar-refractivity contribution >= 4 is 0 Å². The van der Waals surface area contributed by atoms with Gasteiger partial charge in [-0.2, -0.15) is 0 Å². The van der Waals surface area contributed by atoms with Crippen LogP contribution in [-0.2, 0) is 9.47 Å². The van der Waals surface area contributed by atoms with E-state index in [0.717, 1.165) is 24.7 Å². The summed E-state index contributed by atoms with van der Waals surface area (Å²) in [5, 5.41) is 0. The summed E-state index contributed by atoms with van der Waals surface area (Å²) >= 11 is 0. The molecule has 2 N–H and O–H groups in total. The minimum absolute atomic E-state index is 0.00200. The number of ether oxygens (including phenoxy) is 2. The Morgan fingerprint density at radius 1 is 1.12 bits per heavy atom. The van der Waals surface area contributed by atoms with Crippen LogP contribution < -0.4 is 5.73 Å². The molecule has 0 amide bonds. The first-order chi connectivity index (χ1) is 7.69. The van der Waals surface area contributed by atoms with Crippen LogP contribution >= 0.6 is 0 Å². The van der Waals surface area contributed by atoms with Gasteiger partial charge in [0.05, 0.1) is 12.2 Å². The molecule has 3 aliphatic carbocycles. The van der Waals surface area contributed by atoms with E-state index in [-0.39, 0.29) is 6.29 Å². The Bertz CT molecular complexity index is 301. The van der Waals surface area contributed by atoms with Gasteiger partial charge in [-0.05, 0) is 56.3 Å². The summed E-state index contributed by atoms with van der Waals surface area (Å²) in [5.41, 5.74) is 6.86. The van der Waals surface area contributed by atoms with Crippen molar-refractivity contribution in [3.8, 4) is 0 Å². The van der Waals surface area contributed by atoms with E-state index >= 15 is 0 Å². The molecular weight excluding hydrogens is 202 g/mol. The fraction of sp³-hybridized carbons (Fsp3) is 1.00. The van der Waals surface area contributed by atoms with Crippen molar-refractivity contribution in [3.05, 3.63) is 0 Å². The molecule has 0 aromatic heterocycles. The number of rotatable bonds is 0. The summed E-state index contributed by atoms with van der Waals surface area (Å²) in [6.45, 7) is 2.01. The van der Waals surface area contributed by atoms with Gasteiger partial charge in [-0.15, -0.1) is 0 Å². The Labute approximate surface area is 96.7 Å². The van der Waals surface area contributed by atoms with E-state index in [0.29, 0.717) is 23.7 Å². The van der Waals surface area contributed by atoms with Crippen molar-refractivity contribution in [2.75, 3.05) is 0 Å². The van der Waals surface area contributed by atoms with E-state index in [1.165, 1.54) is 19.3 Å². The zero-order valence-corrected chi connectivity index (χ0v) is 9.89. The second-order valence-electron chi connectivity index (χ2n) is 6.35. The van der Waals surface area contributed by atoms with Gasteiger partial charge in [0, 0.05) is 6.04 Å². The van der Waals surface area contributed by atoms with Gasteiger partial charge in [0.15, 0.2) is 6.29 Å². The van der Waals surface area contributed by atoms with E-state index in [9.17, 15) is 0 Å². The molecule has 4 fully saturated rings. The van der Waals surface area contributed by atoms with Crippen LogP contribution in [0.3, 0.4) is 0 Å². The Morgan fingerprint density at radius 3 is 2.38 bits per heavy atom. The van der Waals surface area contributed by atoms with Crippen molar-refractivity contribution in [2.45, 2.75) is 63.6 Å². The molecule has 4 rings (SSSR count). The lowest BCUT2D eigenvalue weighted by molar-refractivity contribution is -0.0774. The van der Waals surface area contributed by atoms with Crippen LogP contribution in [0.5, 0.6) is 0 Å². The average molecular weight is 223 g/mol. The minimum Gasteiger partial charge on any atom is -0.347 e. The van der Waals surface area contributed by atoms with Crippen LogP contribution in [0.25, 0.3) is 0 Å². The smallest absolute Gasteiger partial charge is 0.155 e. The van der Waals surface area contributed by atoms with Crippen LogP contribution in [0.2, 0.25) is 0 Å². The Balaban J connectivity index is 1.62. The fourth-order valence-electron chi connectivity index (χ4n) is 5.10. The number of hydrogen-bond acceptors (Lipinski definition) is 3. The van der Waals surface area contributed by atoms with Gasteiger partial charge < -0.3 is 15.2 Å². The highest BCUT2D eigenvalue weighted by molar-refractivity contribution is 5.14. The molecule has 1 heterocycles. The zero-order chi connectivity index (χ0) is 10.9. The van der Waals surface area contributed by atoms with Gasteiger partial charge in [0.1, 0.15) is 0 Å². The van der Waals surface area contributed by atoms with Crippen LogP contribution in [0.4, 0.5) is 0 Å². The molecule has 1 spiro atoms. The topological polar surface area (TPSA) is 44.5 Å². The Hall–Kier alpha value is -0.120. The van der Waals surface area contributed by atoms with Crippen molar-refractivity contribution in [2.24, 2.45) is 23.0 Å². The Kier molecular flexibility index (Phi) is 1.85. The van der Waals surface area contributed by atoms with Crippen LogP contribution in [0, 0.1) is 17.3 Å². The number of fused-ring (bicyclic) bond motifs is 4. The summed E-state index contributed by atoms with van der Waals surface area (Å²) in [6, 6.07) is 0.416. The summed E-state index contributed by atoms with van der Waals surface area (Å²) in [4.78, 5) is 0. The SMILES string of the molecule is C[C@@H]1OC2C[C@]3(C[C@H]2O1)[C@H]1CCC(C1)[C@H]3N. The van der Waals surface area contributed by atoms with E-state index in [1.54, 1.807) is 0 Å². The predicted molar refractivity (Wildman–Crippen MR) is 59.7 cm³/mol. The lowest BCUT2D eigenvalue weighted by Crippen LogP contribution is -2.45. The van der Waals surface area contributed by atoms with Crippen molar-refractivity contribution in [3.63, 3.8) is 0 Å². The molecule has 90 valence electrons. The van der Waals surface area contributed by atoms with Crippen molar-refractivity contribution in [1.82, 2.24) is 0 Å². The second kappa shape index (κ2) is 3.01. The summed E-state index contributed by atoms with van der Waals surface area (Å²) in [7, 11) is 0. The van der Waals surface area contributed by atoms with Gasteiger partial charge in [0.2, 0.25) is 0 Å². The van der Waals surface area contributed by atoms with Gasteiger partial charge in [-0.3, -0.25) is 0 Å². The van der Waals surface area contributed by atoms with E-state index < -0.39 is 0 Å². The third-order valence-corrected chi connectivity index (χ3v) is 5.77. The van der Waals surface area contributed by atoms with Gasteiger partial charge in [-0.25, -0.2) is 0 Å². The first-order valence-electron chi connectivity index (χ1n) is 6.75. The highest BCUT2D eigenvalue weighted by Crippen LogP contribution is 2.63. The van der Waals surface area contributed by atoms with Gasteiger partial charge in [-0.1, -0.05) is 0 Å². The first-order valence-corrected chi connectivity index (χ1v) is 6.75. The molecule has 4 aliphatic rings. The van der Waals surface area contributed by atoms with E-state index in [2.05, 4.69) is 0 Å². The monoisotopic (exact) mass is 223 g/mol. The molecule has 7 atom stereocenters. The van der Waals surface area contributed by atoms with Crippen molar-refractivity contribution < 1.29 is 9.47 Å². The van der Waals surface area contributed by atoms with E-state index in [4.69, 9.17) is 15.2 Å². The molecule has 1 saturated heterocycles. The van der Waals surface area contributed by atoms with Crippen LogP contribution in [0.1, 0.15) is 39.0 Å². The van der Waals surface area contributed by atoms with E-state index in [1.807, 2.05) is 6.92 Å². The molecule has 0 aromatic rings.